The van der Waals surface area contributed by atoms with Crippen molar-refractivity contribution < 1.29 is 14.6 Å². The molecule has 5 aliphatic rings. The lowest BCUT2D eigenvalue weighted by atomic mass is 9.32. The van der Waals surface area contributed by atoms with Crippen LogP contribution in [0.15, 0.2) is 12.2 Å². The highest BCUT2D eigenvalue weighted by molar-refractivity contribution is 5.78. The van der Waals surface area contributed by atoms with Crippen molar-refractivity contribution in [3.63, 3.8) is 0 Å². The Bertz CT molecular complexity index is 876. The van der Waals surface area contributed by atoms with Crippen LogP contribution in [0.5, 0.6) is 0 Å². The van der Waals surface area contributed by atoms with Gasteiger partial charge in [-0.2, -0.15) is 0 Å². The normalized spacial score (nSPS) is 53.6. The average molecular weight is 471 g/mol. The third-order valence-corrected chi connectivity index (χ3v) is 13.6. The van der Waals surface area contributed by atoms with Gasteiger partial charge in [0.25, 0.3) is 0 Å². The molecule has 1 N–H and O–H groups in total. The smallest absolute Gasteiger partial charge is 0.312 e. The molecule has 10 atom stereocenters. The first kappa shape index (κ1) is 24.8. The Balaban J connectivity index is 1.56. The molecule has 34 heavy (non-hydrogen) atoms. The van der Waals surface area contributed by atoms with Gasteiger partial charge in [0.2, 0.25) is 0 Å². The van der Waals surface area contributed by atoms with Crippen molar-refractivity contribution in [2.24, 2.45) is 56.7 Å². The minimum atomic E-state index is -0.302. The number of esters is 1. The van der Waals surface area contributed by atoms with Crippen molar-refractivity contribution in [3.05, 3.63) is 12.2 Å². The van der Waals surface area contributed by atoms with Gasteiger partial charge >= 0.3 is 5.97 Å². The summed E-state index contributed by atoms with van der Waals surface area (Å²) in [7, 11) is 1.59. The standard InChI is InChI=1S/C31H50O3/c1-19(2)20-11-16-31(26(33)34-8)18-17-29(6)21(25(20)31)9-10-23-28(5)14-13-24(32)27(3,4)22(28)12-15-30(23,29)7/h20-25,32H,1,9-18H2,2-8H3/t20-,21+,22-,23-,24+,25+,28-,29+,30+,31-/m0/s1. The van der Waals surface area contributed by atoms with Gasteiger partial charge < -0.3 is 9.84 Å². The number of methoxy groups -OCH3 is 1. The van der Waals surface area contributed by atoms with E-state index in [9.17, 15) is 9.90 Å². The minimum Gasteiger partial charge on any atom is -0.469 e. The Hall–Kier alpha value is -0.830. The third-order valence-electron chi connectivity index (χ3n) is 13.6. The topological polar surface area (TPSA) is 46.5 Å². The van der Waals surface area contributed by atoms with Gasteiger partial charge in [-0.05, 0) is 122 Å². The van der Waals surface area contributed by atoms with Crippen LogP contribution in [0.1, 0.15) is 106 Å². The predicted octanol–water partition coefficient (Wildman–Crippen LogP) is 7.18. The zero-order chi connectivity index (χ0) is 24.9. The van der Waals surface area contributed by atoms with Crippen LogP contribution >= 0.6 is 0 Å². The second-order valence-corrected chi connectivity index (χ2v) is 14.7. The van der Waals surface area contributed by atoms with Gasteiger partial charge in [0, 0.05) is 0 Å². The van der Waals surface area contributed by atoms with Gasteiger partial charge in [-0.3, -0.25) is 4.79 Å². The van der Waals surface area contributed by atoms with Crippen molar-refractivity contribution in [1.82, 2.24) is 0 Å². The zero-order valence-corrected chi connectivity index (χ0v) is 23.0. The molecule has 0 saturated heterocycles. The maximum Gasteiger partial charge on any atom is 0.312 e. The minimum absolute atomic E-state index is 0.00478. The Morgan fingerprint density at radius 2 is 1.56 bits per heavy atom. The van der Waals surface area contributed by atoms with Gasteiger partial charge in [-0.1, -0.05) is 46.8 Å². The maximum absolute atomic E-state index is 13.3. The molecule has 5 saturated carbocycles. The van der Waals surface area contributed by atoms with Crippen LogP contribution in [0.25, 0.3) is 0 Å². The average Bonchev–Trinajstić information content (AvgIpc) is 3.18. The van der Waals surface area contributed by atoms with E-state index in [-0.39, 0.29) is 33.7 Å². The molecule has 0 aliphatic heterocycles. The Kier molecular flexibility index (Phi) is 5.55. The zero-order valence-electron chi connectivity index (χ0n) is 23.0. The molecule has 0 aromatic heterocycles. The summed E-state index contributed by atoms with van der Waals surface area (Å²) in [5.74, 6) is 2.72. The molecule has 192 valence electrons. The highest BCUT2D eigenvalue weighted by Gasteiger charge is 2.72. The van der Waals surface area contributed by atoms with Crippen LogP contribution in [0.3, 0.4) is 0 Å². The van der Waals surface area contributed by atoms with Crippen LogP contribution in [0, 0.1) is 56.7 Å². The molecule has 3 heteroatoms. The number of carbonyl (C=O) groups is 1. The van der Waals surface area contributed by atoms with E-state index in [2.05, 4.69) is 48.1 Å². The maximum atomic E-state index is 13.3. The number of fused-ring (bicyclic) bond motifs is 7. The largest absolute Gasteiger partial charge is 0.469 e. The Morgan fingerprint density at radius 3 is 2.21 bits per heavy atom. The van der Waals surface area contributed by atoms with Crippen molar-refractivity contribution >= 4 is 5.97 Å². The molecule has 0 aromatic rings. The van der Waals surface area contributed by atoms with E-state index in [1.165, 1.54) is 31.3 Å². The number of carbonyl (C=O) groups excluding carboxylic acids is 1. The summed E-state index contributed by atoms with van der Waals surface area (Å²) in [6.45, 7) is 19.1. The van der Waals surface area contributed by atoms with Crippen molar-refractivity contribution in [2.45, 2.75) is 112 Å². The van der Waals surface area contributed by atoms with Gasteiger partial charge in [0.05, 0.1) is 18.6 Å². The number of aliphatic hydroxyl groups is 1. The Labute approximate surface area is 208 Å². The molecular weight excluding hydrogens is 420 g/mol. The Morgan fingerprint density at radius 1 is 0.853 bits per heavy atom. The summed E-state index contributed by atoms with van der Waals surface area (Å²) < 4.78 is 5.49. The fourth-order valence-electron chi connectivity index (χ4n) is 11.7. The first-order chi connectivity index (χ1) is 15.8. The first-order valence-electron chi connectivity index (χ1n) is 14.2. The second kappa shape index (κ2) is 7.59. The molecular formula is C31H50O3. The SMILES string of the molecule is C=C(C)[C@@H]1CC[C@]2(C(=O)OC)CC[C@]3(C)[C@H](CC[C@H]4[C@@]5(C)CC[C@@H](O)C(C)(C)[C@@H]5CC[C@]43C)[C@@H]12. The summed E-state index contributed by atoms with van der Waals surface area (Å²) in [5, 5.41) is 10.9. The quantitative estimate of drug-likeness (QED) is 0.343. The third kappa shape index (κ3) is 2.83. The van der Waals surface area contributed by atoms with E-state index < -0.39 is 0 Å². The van der Waals surface area contributed by atoms with E-state index in [1.807, 2.05) is 0 Å². The summed E-state index contributed by atoms with van der Waals surface area (Å²) >= 11 is 0. The fraction of sp³-hybridized carbons (Fsp3) is 0.903. The molecule has 0 heterocycles. The van der Waals surface area contributed by atoms with Crippen molar-refractivity contribution in [1.29, 1.82) is 0 Å². The molecule has 5 fully saturated rings. The monoisotopic (exact) mass is 470 g/mol. The van der Waals surface area contributed by atoms with Crippen LogP contribution in [0.2, 0.25) is 0 Å². The predicted molar refractivity (Wildman–Crippen MR) is 137 cm³/mol. The summed E-state index contributed by atoms with van der Waals surface area (Å²) in [5.41, 5.74) is 1.78. The molecule has 3 nitrogen and oxygen atoms in total. The highest BCUT2D eigenvalue weighted by atomic mass is 16.5. The molecule has 0 bridgehead atoms. The number of allylic oxidation sites excluding steroid dienone is 1. The number of rotatable bonds is 2. The van der Waals surface area contributed by atoms with E-state index in [0.717, 1.165) is 38.5 Å². The number of hydrogen-bond acceptors (Lipinski definition) is 3. The number of aliphatic hydroxyl groups excluding tert-OH is 1. The molecule has 5 rings (SSSR count). The van der Waals surface area contributed by atoms with Crippen LogP contribution < -0.4 is 0 Å². The summed E-state index contributed by atoms with van der Waals surface area (Å²) in [6.07, 6.45) is 11.1. The fourth-order valence-corrected chi connectivity index (χ4v) is 11.7. The van der Waals surface area contributed by atoms with Gasteiger partial charge in [-0.25, -0.2) is 0 Å². The van der Waals surface area contributed by atoms with Crippen LogP contribution in [0.4, 0.5) is 0 Å². The molecule has 0 spiro atoms. The highest BCUT2D eigenvalue weighted by Crippen LogP contribution is 2.77. The molecule has 0 unspecified atom stereocenters. The molecule has 0 radical (unpaired) electrons. The number of ether oxygens (including phenoxy) is 1. The lowest BCUT2D eigenvalue weighted by Gasteiger charge is -2.72. The van der Waals surface area contributed by atoms with Gasteiger partial charge in [0.15, 0.2) is 0 Å². The van der Waals surface area contributed by atoms with Gasteiger partial charge in [0.1, 0.15) is 0 Å². The first-order valence-corrected chi connectivity index (χ1v) is 14.2. The van der Waals surface area contributed by atoms with Gasteiger partial charge in [-0.15, -0.1) is 0 Å². The van der Waals surface area contributed by atoms with E-state index in [4.69, 9.17) is 4.74 Å². The van der Waals surface area contributed by atoms with Crippen LogP contribution in [-0.4, -0.2) is 24.3 Å². The molecule has 0 amide bonds. The summed E-state index contributed by atoms with van der Waals surface area (Å²) in [6, 6.07) is 0. The van der Waals surface area contributed by atoms with Crippen molar-refractivity contribution in [3.8, 4) is 0 Å². The van der Waals surface area contributed by atoms with Crippen molar-refractivity contribution in [2.75, 3.05) is 7.11 Å². The van der Waals surface area contributed by atoms with E-state index in [1.54, 1.807) is 7.11 Å². The number of hydrogen-bond donors (Lipinski definition) is 1. The second-order valence-electron chi connectivity index (χ2n) is 14.7. The van der Waals surface area contributed by atoms with E-state index in [0.29, 0.717) is 35.0 Å². The molecule has 5 aliphatic carbocycles. The lowest BCUT2D eigenvalue weighted by Crippen LogP contribution is -2.67. The summed E-state index contributed by atoms with van der Waals surface area (Å²) in [4.78, 5) is 13.3. The van der Waals surface area contributed by atoms with Crippen LogP contribution in [-0.2, 0) is 9.53 Å². The van der Waals surface area contributed by atoms with E-state index >= 15 is 0 Å². The molecule has 0 aromatic carbocycles. The lowest BCUT2D eigenvalue weighted by molar-refractivity contribution is -0.248.